The smallest absolute Gasteiger partial charge is 0.341 e. The lowest BCUT2D eigenvalue weighted by Gasteiger charge is -2.36. The number of carbonyl (C=O) groups is 2. The van der Waals surface area contributed by atoms with Gasteiger partial charge in [-0.3, -0.25) is 4.79 Å². The molecule has 0 saturated heterocycles. The van der Waals surface area contributed by atoms with Crippen molar-refractivity contribution in [3.63, 3.8) is 0 Å². The second-order valence-electron chi connectivity index (χ2n) is 9.45. The van der Waals surface area contributed by atoms with E-state index in [1.54, 1.807) is 11.3 Å². The SMILES string of the molecule is CCOC(=O)c1c(NC(=O)CCC2CCCC2)sc2c1CCC(C(C)(C)CC)C2. The molecule has 1 unspecified atom stereocenters. The highest BCUT2D eigenvalue weighted by Crippen LogP contribution is 2.45. The third kappa shape index (κ3) is 5.22. The Balaban J connectivity index is 1.77. The number of thiophene rings is 1. The lowest BCUT2D eigenvalue weighted by molar-refractivity contribution is -0.116. The molecule has 162 valence electrons. The minimum atomic E-state index is -0.288. The highest BCUT2D eigenvalue weighted by atomic mass is 32.1. The lowest BCUT2D eigenvalue weighted by atomic mass is 9.69. The minimum absolute atomic E-state index is 0.0338. The third-order valence-electron chi connectivity index (χ3n) is 7.27. The molecule has 0 aliphatic heterocycles. The second kappa shape index (κ2) is 9.63. The molecule has 1 aromatic rings. The van der Waals surface area contributed by atoms with Gasteiger partial charge in [0.15, 0.2) is 0 Å². The van der Waals surface area contributed by atoms with E-state index in [1.165, 1.54) is 30.6 Å². The largest absolute Gasteiger partial charge is 0.462 e. The number of amides is 1. The van der Waals surface area contributed by atoms with Gasteiger partial charge in [-0.1, -0.05) is 52.9 Å². The summed E-state index contributed by atoms with van der Waals surface area (Å²) in [6.45, 7) is 9.12. The van der Waals surface area contributed by atoms with Gasteiger partial charge in [-0.05, 0) is 55.4 Å². The van der Waals surface area contributed by atoms with Crippen LogP contribution in [-0.4, -0.2) is 18.5 Å². The van der Waals surface area contributed by atoms with Crippen molar-refractivity contribution in [2.75, 3.05) is 11.9 Å². The Labute approximate surface area is 179 Å². The predicted molar refractivity (Wildman–Crippen MR) is 120 cm³/mol. The van der Waals surface area contributed by atoms with Gasteiger partial charge in [0.1, 0.15) is 5.00 Å². The van der Waals surface area contributed by atoms with E-state index in [-0.39, 0.29) is 17.3 Å². The van der Waals surface area contributed by atoms with E-state index in [0.29, 0.717) is 35.4 Å². The molecule has 0 spiro atoms. The summed E-state index contributed by atoms with van der Waals surface area (Å²) in [4.78, 5) is 26.6. The first-order valence-electron chi connectivity index (χ1n) is 11.5. The topological polar surface area (TPSA) is 55.4 Å². The summed E-state index contributed by atoms with van der Waals surface area (Å²) in [5.41, 5.74) is 2.02. The molecule has 1 N–H and O–H groups in total. The molecule has 4 nitrogen and oxygen atoms in total. The standard InChI is InChI=1S/C24H37NO3S/c1-5-24(3,4)17-12-13-18-19(15-17)29-22(21(18)23(27)28-6-2)25-20(26)14-11-16-9-7-8-10-16/h16-17H,5-15H2,1-4H3,(H,25,26). The molecule has 2 aliphatic carbocycles. The van der Waals surface area contributed by atoms with Crippen molar-refractivity contribution >= 4 is 28.2 Å². The zero-order valence-corrected chi connectivity index (χ0v) is 19.4. The summed E-state index contributed by atoms with van der Waals surface area (Å²) in [7, 11) is 0. The fourth-order valence-electron chi connectivity index (χ4n) is 4.87. The number of hydrogen-bond acceptors (Lipinski definition) is 4. The molecule has 3 rings (SSSR count). The number of esters is 1. The first kappa shape index (κ1) is 22.3. The van der Waals surface area contributed by atoms with Gasteiger partial charge in [-0.15, -0.1) is 11.3 Å². The van der Waals surface area contributed by atoms with Crippen molar-refractivity contribution in [3.8, 4) is 0 Å². The Morgan fingerprint density at radius 2 is 1.90 bits per heavy atom. The maximum Gasteiger partial charge on any atom is 0.341 e. The van der Waals surface area contributed by atoms with Crippen LogP contribution in [0.3, 0.4) is 0 Å². The Kier molecular flexibility index (Phi) is 7.42. The van der Waals surface area contributed by atoms with E-state index in [0.717, 1.165) is 37.7 Å². The fraction of sp³-hybridized carbons (Fsp3) is 0.750. The average molecular weight is 420 g/mol. The molecule has 1 amide bonds. The van der Waals surface area contributed by atoms with Gasteiger partial charge in [-0.2, -0.15) is 0 Å². The maximum absolute atomic E-state index is 12.7. The number of anilines is 1. The van der Waals surface area contributed by atoms with Crippen LogP contribution in [0, 0.1) is 17.3 Å². The van der Waals surface area contributed by atoms with E-state index in [2.05, 4.69) is 26.1 Å². The number of hydrogen-bond donors (Lipinski definition) is 1. The van der Waals surface area contributed by atoms with Gasteiger partial charge < -0.3 is 10.1 Å². The molecule has 1 fully saturated rings. The van der Waals surface area contributed by atoms with Gasteiger partial charge in [-0.25, -0.2) is 4.79 Å². The van der Waals surface area contributed by atoms with E-state index >= 15 is 0 Å². The first-order chi connectivity index (χ1) is 13.9. The molecule has 1 atom stereocenters. The number of rotatable bonds is 8. The van der Waals surface area contributed by atoms with Crippen molar-refractivity contribution in [3.05, 3.63) is 16.0 Å². The molecule has 0 bridgehead atoms. The van der Waals surface area contributed by atoms with Crippen molar-refractivity contribution in [1.29, 1.82) is 0 Å². The molecule has 0 radical (unpaired) electrons. The quantitative estimate of drug-likeness (QED) is 0.498. The zero-order valence-electron chi connectivity index (χ0n) is 18.6. The highest BCUT2D eigenvalue weighted by Gasteiger charge is 2.35. The molecule has 29 heavy (non-hydrogen) atoms. The summed E-state index contributed by atoms with van der Waals surface area (Å²) in [6, 6.07) is 0. The van der Waals surface area contributed by atoms with Crippen LogP contribution in [0.4, 0.5) is 5.00 Å². The normalized spacial score (nSPS) is 19.8. The zero-order chi connectivity index (χ0) is 21.0. The summed E-state index contributed by atoms with van der Waals surface area (Å²) in [6.07, 6.45) is 10.7. The predicted octanol–water partition coefficient (Wildman–Crippen LogP) is 6.37. The summed E-state index contributed by atoms with van der Waals surface area (Å²) < 4.78 is 5.35. The van der Waals surface area contributed by atoms with Crippen molar-refractivity contribution in [2.24, 2.45) is 17.3 Å². The maximum atomic E-state index is 12.7. The van der Waals surface area contributed by atoms with Gasteiger partial charge in [0.25, 0.3) is 0 Å². The third-order valence-corrected chi connectivity index (χ3v) is 8.44. The highest BCUT2D eigenvalue weighted by molar-refractivity contribution is 7.17. The number of nitrogens with one attached hydrogen (secondary N) is 1. The minimum Gasteiger partial charge on any atom is -0.462 e. The van der Waals surface area contributed by atoms with Crippen LogP contribution >= 0.6 is 11.3 Å². The fourth-order valence-corrected chi connectivity index (χ4v) is 6.20. The van der Waals surface area contributed by atoms with Crippen LogP contribution in [0.5, 0.6) is 0 Å². The van der Waals surface area contributed by atoms with Gasteiger partial charge in [0.05, 0.1) is 12.2 Å². The molecular weight excluding hydrogens is 382 g/mol. The monoisotopic (exact) mass is 419 g/mol. The molecule has 0 aromatic carbocycles. The van der Waals surface area contributed by atoms with Crippen LogP contribution in [0.1, 0.15) is 99.9 Å². The van der Waals surface area contributed by atoms with Crippen molar-refractivity contribution in [1.82, 2.24) is 0 Å². The van der Waals surface area contributed by atoms with Crippen LogP contribution in [0.2, 0.25) is 0 Å². The molecular formula is C24H37NO3S. The van der Waals surface area contributed by atoms with Crippen molar-refractivity contribution < 1.29 is 14.3 Å². The summed E-state index contributed by atoms with van der Waals surface area (Å²) in [5, 5.41) is 3.79. The molecule has 1 heterocycles. The van der Waals surface area contributed by atoms with E-state index in [9.17, 15) is 9.59 Å². The average Bonchev–Trinajstić information content (AvgIpc) is 3.33. The number of carbonyl (C=O) groups excluding carboxylic acids is 2. The Morgan fingerprint density at radius 3 is 2.55 bits per heavy atom. The summed E-state index contributed by atoms with van der Waals surface area (Å²) >= 11 is 1.60. The van der Waals surface area contributed by atoms with Crippen LogP contribution in [0.25, 0.3) is 0 Å². The summed E-state index contributed by atoms with van der Waals surface area (Å²) in [5.74, 6) is 1.05. The molecule has 1 saturated carbocycles. The molecule has 2 aliphatic rings. The molecule has 1 aromatic heterocycles. The van der Waals surface area contributed by atoms with E-state index in [4.69, 9.17) is 4.74 Å². The van der Waals surface area contributed by atoms with Gasteiger partial charge in [0, 0.05) is 11.3 Å². The van der Waals surface area contributed by atoms with Crippen LogP contribution in [0.15, 0.2) is 0 Å². The number of ether oxygens (including phenoxy) is 1. The lowest BCUT2D eigenvalue weighted by Crippen LogP contribution is -2.28. The van der Waals surface area contributed by atoms with Crippen LogP contribution < -0.4 is 5.32 Å². The number of fused-ring (bicyclic) bond motifs is 1. The van der Waals surface area contributed by atoms with E-state index < -0.39 is 0 Å². The first-order valence-corrected chi connectivity index (χ1v) is 12.3. The second-order valence-corrected chi connectivity index (χ2v) is 10.6. The van der Waals surface area contributed by atoms with E-state index in [1.807, 2.05) is 6.92 Å². The van der Waals surface area contributed by atoms with Crippen molar-refractivity contribution in [2.45, 2.75) is 91.9 Å². The Hall–Kier alpha value is -1.36. The molecule has 5 heteroatoms. The van der Waals surface area contributed by atoms with Crippen LogP contribution in [-0.2, 0) is 22.4 Å². The Morgan fingerprint density at radius 1 is 1.17 bits per heavy atom. The Bertz CT molecular complexity index is 731. The van der Waals surface area contributed by atoms with Gasteiger partial charge >= 0.3 is 5.97 Å². The van der Waals surface area contributed by atoms with Gasteiger partial charge in [0.2, 0.25) is 5.91 Å².